The second-order valence-corrected chi connectivity index (χ2v) is 9.96. The summed E-state index contributed by atoms with van der Waals surface area (Å²) in [6.07, 6.45) is 2.11. The van der Waals surface area contributed by atoms with E-state index in [-0.39, 0.29) is 5.54 Å². The first-order valence-electron chi connectivity index (χ1n) is 12.2. The number of anilines is 1. The van der Waals surface area contributed by atoms with Crippen molar-refractivity contribution in [2.45, 2.75) is 39.2 Å². The molecule has 2 heterocycles. The number of piperazine rings is 1. The minimum absolute atomic E-state index is 0.0781. The first-order valence-corrected chi connectivity index (χ1v) is 12.2. The zero-order valence-electron chi connectivity index (χ0n) is 21.3. The van der Waals surface area contributed by atoms with Gasteiger partial charge in [0.25, 0.3) is 0 Å². The third-order valence-electron chi connectivity index (χ3n) is 6.50. The van der Waals surface area contributed by atoms with Crippen molar-refractivity contribution in [1.82, 2.24) is 14.7 Å². The van der Waals surface area contributed by atoms with Gasteiger partial charge in [0, 0.05) is 37.4 Å². The molecule has 0 bridgehead atoms. The van der Waals surface area contributed by atoms with E-state index in [0.717, 1.165) is 62.8 Å². The van der Waals surface area contributed by atoms with Crippen molar-refractivity contribution >= 4 is 5.69 Å². The van der Waals surface area contributed by atoms with E-state index in [0.29, 0.717) is 0 Å². The average Bonchev–Trinajstić information content (AvgIpc) is 3.30. The van der Waals surface area contributed by atoms with Gasteiger partial charge in [0.1, 0.15) is 11.5 Å². The van der Waals surface area contributed by atoms with Crippen LogP contribution in [0, 0.1) is 0 Å². The molecule has 0 radical (unpaired) electrons. The monoisotopic (exact) mass is 462 g/mol. The first kappa shape index (κ1) is 24.1. The number of nitrogens with zero attached hydrogens (tertiary/aromatic N) is 4. The smallest absolute Gasteiger partial charge is 0.119 e. The number of aryl methyl sites for hydroxylation is 1. The van der Waals surface area contributed by atoms with Crippen molar-refractivity contribution in [1.29, 1.82) is 0 Å². The standard InChI is InChI=1S/C28H38N4O2/c1-28(2,3)32-27(22-8-12-25(33-4)13-9-22)21-23(29-32)7-6-16-30-17-19-31(20-18-30)24-10-14-26(34-5)15-11-24/h8-15,21H,6-7,16-20H2,1-5H3. The summed E-state index contributed by atoms with van der Waals surface area (Å²) in [7, 11) is 3.41. The molecule has 6 nitrogen and oxygen atoms in total. The van der Waals surface area contributed by atoms with Gasteiger partial charge in [0.2, 0.25) is 0 Å². The number of rotatable bonds is 8. The third kappa shape index (κ3) is 5.73. The van der Waals surface area contributed by atoms with E-state index >= 15 is 0 Å². The largest absolute Gasteiger partial charge is 0.497 e. The predicted molar refractivity (Wildman–Crippen MR) is 139 cm³/mol. The van der Waals surface area contributed by atoms with Gasteiger partial charge in [0.15, 0.2) is 0 Å². The Bertz CT molecular complexity index is 1040. The molecule has 0 spiro atoms. The zero-order chi connectivity index (χ0) is 24.1. The number of hydrogen-bond acceptors (Lipinski definition) is 5. The summed E-state index contributed by atoms with van der Waals surface area (Å²) in [5, 5.41) is 5.00. The highest BCUT2D eigenvalue weighted by atomic mass is 16.5. The van der Waals surface area contributed by atoms with Gasteiger partial charge in [-0.25, -0.2) is 0 Å². The molecule has 0 aliphatic carbocycles. The van der Waals surface area contributed by atoms with E-state index in [1.165, 1.54) is 16.9 Å². The van der Waals surface area contributed by atoms with Gasteiger partial charge in [-0.15, -0.1) is 0 Å². The lowest BCUT2D eigenvalue weighted by molar-refractivity contribution is 0.254. The van der Waals surface area contributed by atoms with Crippen LogP contribution in [0.25, 0.3) is 11.3 Å². The Kier molecular flexibility index (Phi) is 7.47. The van der Waals surface area contributed by atoms with Crippen molar-refractivity contribution in [3.63, 3.8) is 0 Å². The van der Waals surface area contributed by atoms with Crippen molar-refractivity contribution in [3.05, 3.63) is 60.3 Å². The number of benzene rings is 2. The minimum atomic E-state index is -0.0781. The molecule has 1 aliphatic heterocycles. The predicted octanol–water partition coefficient (Wildman–Crippen LogP) is 5.08. The molecule has 1 fully saturated rings. The highest BCUT2D eigenvalue weighted by Crippen LogP contribution is 2.28. The van der Waals surface area contributed by atoms with Crippen LogP contribution < -0.4 is 14.4 Å². The van der Waals surface area contributed by atoms with Crippen molar-refractivity contribution in [2.75, 3.05) is 51.8 Å². The summed E-state index contributed by atoms with van der Waals surface area (Å²) >= 11 is 0. The number of ether oxygens (including phenoxy) is 2. The molecule has 34 heavy (non-hydrogen) atoms. The lowest BCUT2D eigenvalue weighted by atomic mass is 10.1. The second-order valence-electron chi connectivity index (χ2n) is 9.96. The van der Waals surface area contributed by atoms with Crippen LogP contribution in [0.2, 0.25) is 0 Å². The highest BCUT2D eigenvalue weighted by molar-refractivity contribution is 5.61. The van der Waals surface area contributed by atoms with Gasteiger partial charge in [-0.3, -0.25) is 9.58 Å². The number of methoxy groups -OCH3 is 2. The summed E-state index contributed by atoms with van der Waals surface area (Å²) in [4.78, 5) is 5.03. The molecule has 1 aromatic heterocycles. The molecule has 4 rings (SSSR count). The quantitative estimate of drug-likeness (QED) is 0.467. The first-order chi connectivity index (χ1) is 16.4. The molecule has 0 saturated carbocycles. The molecule has 2 aromatic carbocycles. The van der Waals surface area contributed by atoms with E-state index in [2.05, 4.69) is 65.6 Å². The van der Waals surface area contributed by atoms with E-state index in [1.807, 2.05) is 24.3 Å². The van der Waals surface area contributed by atoms with Crippen LogP contribution in [0.15, 0.2) is 54.6 Å². The highest BCUT2D eigenvalue weighted by Gasteiger charge is 2.21. The Labute approximate surface area is 204 Å². The lowest BCUT2D eigenvalue weighted by Crippen LogP contribution is -2.46. The Morgan fingerprint density at radius 1 is 0.824 bits per heavy atom. The molecular formula is C28H38N4O2. The fraction of sp³-hybridized carbons (Fsp3) is 0.464. The van der Waals surface area contributed by atoms with Gasteiger partial charge in [-0.05, 0) is 94.8 Å². The third-order valence-corrected chi connectivity index (χ3v) is 6.50. The molecule has 0 unspecified atom stereocenters. The Balaban J connectivity index is 1.32. The maximum atomic E-state index is 5.32. The summed E-state index contributed by atoms with van der Waals surface area (Å²) in [6, 6.07) is 18.9. The van der Waals surface area contributed by atoms with Gasteiger partial charge in [-0.1, -0.05) is 0 Å². The average molecular weight is 463 g/mol. The minimum Gasteiger partial charge on any atom is -0.497 e. The molecule has 6 heteroatoms. The summed E-state index contributed by atoms with van der Waals surface area (Å²) in [5.41, 5.74) is 4.70. The van der Waals surface area contributed by atoms with Crippen molar-refractivity contribution < 1.29 is 9.47 Å². The molecule has 0 amide bonds. The fourth-order valence-corrected chi connectivity index (χ4v) is 4.54. The second kappa shape index (κ2) is 10.5. The van der Waals surface area contributed by atoms with Gasteiger partial charge in [0.05, 0.1) is 31.1 Å². The molecular weight excluding hydrogens is 424 g/mol. The molecule has 0 atom stereocenters. The SMILES string of the molecule is COc1ccc(-c2cc(CCCN3CCN(c4ccc(OC)cc4)CC3)nn2C(C)(C)C)cc1. The molecule has 3 aromatic rings. The van der Waals surface area contributed by atoms with Gasteiger partial charge < -0.3 is 14.4 Å². The number of aromatic nitrogens is 2. The Morgan fingerprint density at radius 2 is 1.41 bits per heavy atom. The zero-order valence-corrected chi connectivity index (χ0v) is 21.3. The lowest BCUT2D eigenvalue weighted by Gasteiger charge is -2.36. The van der Waals surface area contributed by atoms with Crippen LogP contribution in [0.4, 0.5) is 5.69 Å². The van der Waals surface area contributed by atoms with E-state index in [9.17, 15) is 0 Å². The maximum absolute atomic E-state index is 5.32. The summed E-state index contributed by atoms with van der Waals surface area (Å²) in [5.74, 6) is 1.78. The van der Waals surface area contributed by atoms with E-state index < -0.39 is 0 Å². The topological polar surface area (TPSA) is 42.8 Å². The van der Waals surface area contributed by atoms with Crippen LogP contribution in [-0.4, -0.2) is 61.6 Å². The molecule has 0 N–H and O–H groups in total. The van der Waals surface area contributed by atoms with Crippen LogP contribution in [0.5, 0.6) is 11.5 Å². The van der Waals surface area contributed by atoms with Crippen molar-refractivity contribution in [3.8, 4) is 22.8 Å². The van der Waals surface area contributed by atoms with E-state index in [4.69, 9.17) is 14.6 Å². The Morgan fingerprint density at radius 3 is 1.97 bits per heavy atom. The van der Waals surface area contributed by atoms with Gasteiger partial charge in [-0.2, -0.15) is 5.10 Å². The molecule has 1 aliphatic rings. The number of hydrogen-bond donors (Lipinski definition) is 0. The summed E-state index contributed by atoms with van der Waals surface area (Å²) < 4.78 is 12.8. The van der Waals surface area contributed by atoms with Crippen LogP contribution in [-0.2, 0) is 12.0 Å². The normalized spacial score (nSPS) is 14.9. The van der Waals surface area contributed by atoms with Gasteiger partial charge >= 0.3 is 0 Å². The van der Waals surface area contributed by atoms with E-state index in [1.54, 1.807) is 14.2 Å². The van der Waals surface area contributed by atoms with Crippen LogP contribution >= 0.6 is 0 Å². The molecule has 182 valence electrons. The van der Waals surface area contributed by atoms with Crippen LogP contribution in [0.3, 0.4) is 0 Å². The Hall–Kier alpha value is -2.99. The summed E-state index contributed by atoms with van der Waals surface area (Å²) in [6.45, 7) is 12.0. The van der Waals surface area contributed by atoms with Crippen molar-refractivity contribution in [2.24, 2.45) is 0 Å². The van der Waals surface area contributed by atoms with Crippen LogP contribution in [0.1, 0.15) is 32.9 Å². The fourth-order valence-electron chi connectivity index (χ4n) is 4.54. The molecule has 1 saturated heterocycles. The maximum Gasteiger partial charge on any atom is 0.119 e.